The number of rotatable bonds is 2. The Bertz CT molecular complexity index is 806. The zero-order valence-electron chi connectivity index (χ0n) is 13.6. The number of fused-ring (bicyclic) bond motifs is 1. The van der Waals surface area contributed by atoms with Gasteiger partial charge in [0, 0.05) is 24.2 Å². The number of benzene rings is 1. The van der Waals surface area contributed by atoms with Crippen molar-refractivity contribution in [2.45, 2.75) is 44.7 Å². The number of nitrogens with one attached hydrogen (secondary N) is 2. The second-order valence-electron chi connectivity index (χ2n) is 6.70. The summed E-state index contributed by atoms with van der Waals surface area (Å²) in [5.41, 5.74) is 4.67. The molecule has 0 amide bonds. The first-order valence-electron chi connectivity index (χ1n) is 8.31. The number of piperidine rings is 1. The third-order valence-corrected chi connectivity index (χ3v) is 4.81. The van der Waals surface area contributed by atoms with Crippen LogP contribution in [-0.2, 0) is 0 Å². The molecule has 0 saturated carbocycles. The molecule has 2 N–H and O–H groups in total. The van der Waals surface area contributed by atoms with Gasteiger partial charge in [0.15, 0.2) is 0 Å². The second kappa shape index (κ2) is 5.78. The number of aromatic amines is 1. The van der Waals surface area contributed by atoms with Crippen molar-refractivity contribution >= 4 is 11.0 Å². The van der Waals surface area contributed by atoms with E-state index >= 15 is 0 Å². The van der Waals surface area contributed by atoms with Gasteiger partial charge in [-0.1, -0.05) is 29.8 Å². The molecule has 1 saturated heterocycles. The summed E-state index contributed by atoms with van der Waals surface area (Å²) >= 11 is 0. The lowest BCUT2D eigenvalue weighted by atomic mass is 9.84. The predicted octanol–water partition coefficient (Wildman–Crippen LogP) is 3.86. The Morgan fingerprint density at radius 1 is 1.09 bits per heavy atom. The van der Waals surface area contributed by atoms with E-state index in [0.29, 0.717) is 18.0 Å². The minimum Gasteiger partial charge on any atom is -0.359 e. The lowest BCUT2D eigenvalue weighted by Gasteiger charge is -2.34. The quantitative estimate of drug-likeness (QED) is 0.756. The average molecular weight is 306 g/mol. The monoisotopic (exact) mass is 306 g/mol. The highest BCUT2D eigenvalue weighted by Gasteiger charge is 2.29. The first-order valence-corrected chi connectivity index (χ1v) is 8.31. The maximum atomic E-state index is 4.77. The molecular weight excluding hydrogens is 284 g/mol. The first kappa shape index (κ1) is 14.4. The molecule has 23 heavy (non-hydrogen) atoms. The van der Waals surface area contributed by atoms with Crippen LogP contribution in [0.5, 0.6) is 0 Å². The van der Waals surface area contributed by atoms with Crippen molar-refractivity contribution in [1.29, 1.82) is 0 Å². The molecule has 2 aromatic heterocycles. The Balaban J connectivity index is 1.62. The molecule has 118 valence electrons. The largest absolute Gasteiger partial charge is 0.359 e. The molecule has 3 heterocycles. The van der Waals surface area contributed by atoms with Crippen LogP contribution in [0.2, 0.25) is 0 Å². The van der Waals surface area contributed by atoms with Gasteiger partial charge in [0.05, 0.1) is 17.2 Å². The number of nitrogens with zero attached hydrogens (tertiary/aromatic N) is 2. The molecule has 3 unspecified atom stereocenters. The Morgan fingerprint density at radius 3 is 2.74 bits per heavy atom. The number of hydrogen-bond acceptors (Lipinski definition) is 3. The van der Waals surface area contributed by atoms with E-state index in [4.69, 9.17) is 4.98 Å². The van der Waals surface area contributed by atoms with E-state index in [1.807, 2.05) is 18.5 Å². The highest BCUT2D eigenvalue weighted by atomic mass is 15.0. The molecular formula is C19H22N4. The van der Waals surface area contributed by atoms with E-state index in [0.717, 1.165) is 29.7 Å². The van der Waals surface area contributed by atoms with Gasteiger partial charge in [-0.2, -0.15) is 0 Å². The van der Waals surface area contributed by atoms with Crippen molar-refractivity contribution in [3.63, 3.8) is 0 Å². The normalized spacial score (nSPS) is 24.9. The Labute approximate surface area is 136 Å². The summed E-state index contributed by atoms with van der Waals surface area (Å²) in [7, 11) is 0. The van der Waals surface area contributed by atoms with Crippen molar-refractivity contribution in [2.24, 2.45) is 0 Å². The minimum absolute atomic E-state index is 0.370. The van der Waals surface area contributed by atoms with Crippen LogP contribution in [-0.4, -0.2) is 21.0 Å². The molecule has 0 aliphatic carbocycles. The molecule has 1 aliphatic rings. The minimum atomic E-state index is 0.370. The van der Waals surface area contributed by atoms with Crippen LogP contribution in [0.1, 0.15) is 48.7 Å². The third-order valence-electron chi connectivity index (χ3n) is 4.81. The van der Waals surface area contributed by atoms with Crippen molar-refractivity contribution in [2.75, 3.05) is 0 Å². The molecule has 0 bridgehead atoms. The van der Waals surface area contributed by atoms with E-state index in [1.54, 1.807) is 0 Å². The van der Waals surface area contributed by atoms with Crippen molar-refractivity contribution < 1.29 is 0 Å². The molecule has 1 aromatic carbocycles. The van der Waals surface area contributed by atoms with Gasteiger partial charge in [-0.15, -0.1) is 0 Å². The zero-order valence-corrected chi connectivity index (χ0v) is 13.6. The van der Waals surface area contributed by atoms with Gasteiger partial charge in [0.1, 0.15) is 5.82 Å². The molecule has 4 nitrogen and oxygen atoms in total. The van der Waals surface area contributed by atoms with Crippen molar-refractivity contribution in [3.8, 4) is 0 Å². The molecule has 1 aliphatic heterocycles. The van der Waals surface area contributed by atoms with Crippen LogP contribution in [0, 0.1) is 6.92 Å². The van der Waals surface area contributed by atoms with Crippen LogP contribution in [0.15, 0.2) is 42.7 Å². The second-order valence-corrected chi connectivity index (χ2v) is 6.70. The Kier molecular flexibility index (Phi) is 3.62. The summed E-state index contributed by atoms with van der Waals surface area (Å²) in [6, 6.07) is 11.7. The van der Waals surface area contributed by atoms with Crippen LogP contribution in [0.4, 0.5) is 0 Å². The van der Waals surface area contributed by atoms with Gasteiger partial charge in [0.2, 0.25) is 0 Å². The van der Waals surface area contributed by atoms with Crippen LogP contribution in [0.3, 0.4) is 0 Å². The fourth-order valence-corrected chi connectivity index (χ4v) is 3.58. The van der Waals surface area contributed by atoms with Gasteiger partial charge in [-0.05, 0) is 38.3 Å². The molecule has 3 aromatic rings. The maximum absolute atomic E-state index is 4.77. The van der Waals surface area contributed by atoms with Gasteiger partial charge < -0.3 is 10.3 Å². The molecule has 0 spiro atoms. The SMILES string of the molecule is Cc1ccc(C2CC(c3ncc4[nH]ccc4n3)CC(C)N2)cc1. The number of aryl methyl sites for hydroxylation is 1. The van der Waals surface area contributed by atoms with Gasteiger partial charge in [0.25, 0.3) is 0 Å². The standard InChI is InChI=1S/C19H22N4/c1-12-3-5-14(6-4-12)17-10-15(9-13(2)22-17)19-21-11-18-16(23-19)7-8-20-18/h3-8,11,13,15,17,20,22H,9-10H2,1-2H3. The number of H-pyrrole nitrogens is 1. The van der Waals surface area contributed by atoms with Crippen LogP contribution in [0.25, 0.3) is 11.0 Å². The highest BCUT2D eigenvalue weighted by molar-refractivity contribution is 5.73. The predicted molar refractivity (Wildman–Crippen MR) is 92.4 cm³/mol. The van der Waals surface area contributed by atoms with E-state index < -0.39 is 0 Å². The Hall–Kier alpha value is -2.20. The molecule has 0 radical (unpaired) electrons. The van der Waals surface area contributed by atoms with Crippen molar-refractivity contribution in [3.05, 3.63) is 59.7 Å². The molecule has 1 fully saturated rings. The van der Waals surface area contributed by atoms with Gasteiger partial charge >= 0.3 is 0 Å². The smallest absolute Gasteiger partial charge is 0.132 e. The molecule has 4 heteroatoms. The fraction of sp³-hybridized carbons (Fsp3) is 0.368. The Morgan fingerprint density at radius 2 is 1.91 bits per heavy atom. The summed E-state index contributed by atoms with van der Waals surface area (Å²) < 4.78 is 0. The number of aromatic nitrogens is 3. The summed E-state index contributed by atoms with van der Waals surface area (Å²) in [4.78, 5) is 12.5. The first-order chi connectivity index (χ1) is 11.2. The van der Waals surface area contributed by atoms with Gasteiger partial charge in [-0.3, -0.25) is 0 Å². The summed E-state index contributed by atoms with van der Waals surface area (Å²) in [6.45, 7) is 4.38. The highest BCUT2D eigenvalue weighted by Crippen LogP contribution is 2.35. The van der Waals surface area contributed by atoms with E-state index in [9.17, 15) is 0 Å². The number of hydrogen-bond donors (Lipinski definition) is 2. The zero-order chi connectivity index (χ0) is 15.8. The lowest BCUT2D eigenvalue weighted by molar-refractivity contribution is 0.300. The van der Waals surface area contributed by atoms with Crippen molar-refractivity contribution in [1.82, 2.24) is 20.3 Å². The third kappa shape index (κ3) is 2.86. The average Bonchev–Trinajstić information content (AvgIpc) is 3.02. The van der Waals surface area contributed by atoms with E-state index in [2.05, 4.69) is 53.4 Å². The summed E-state index contributed by atoms with van der Waals surface area (Å²) in [5.74, 6) is 1.37. The summed E-state index contributed by atoms with van der Waals surface area (Å²) in [5, 5.41) is 3.72. The molecule has 3 atom stereocenters. The van der Waals surface area contributed by atoms with E-state index in [1.165, 1.54) is 11.1 Å². The molecule has 4 rings (SSSR count). The van der Waals surface area contributed by atoms with Crippen LogP contribution < -0.4 is 5.32 Å². The lowest BCUT2D eigenvalue weighted by Crippen LogP contribution is -2.38. The van der Waals surface area contributed by atoms with E-state index in [-0.39, 0.29) is 0 Å². The van der Waals surface area contributed by atoms with Gasteiger partial charge in [-0.25, -0.2) is 9.97 Å². The summed E-state index contributed by atoms with van der Waals surface area (Å²) in [6.07, 6.45) is 5.95. The fourth-order valence-electron chi connectivity index (χ4n) is 3.58. The topological polar surface area (TPSA) is 53.6 Å². The van der Waals surface area contributed by atoms with Crippen LogP contribution >= 0.6 is 0 Å². The maximum Gasteiger partial charge on any atom is 0.132 e.